The summed E-state index contributed by atoms with van der Waals surface area (Å²) in [6.07, 6.45) is 9.88. The summed E-state index contributed by atoms with van der Waals surface area (Å²) < 4.78 is 43.5. The summed E-state index contributed by atoms with van der Waals surface area (Å²) in [6.45, 7) is 5.01. The SMILES string of the molecule is COc1ncc(-c2nc(N3CCOCC3)c3nc(OC4CCC(N5CCCC5)CC4)n(C)c3n2)cc1CS(C)(=O)=O. The van der Waals surface area contributed by atoms with Gasteiger partial charge >= 0.3 is 0 Å². The summed E-state index contributed by atoms with van der Waals surface area (Å²) in [5, 5.41) is 0. The third-order valence-corrected chi connectivity index (χ3v) is 9.17. The average Bonchev–Trinajstić information content (AvgIpc) is 3.61. The maximum atomic E-state index is 12.1. The zero-order valence-electron chi connectivity index (χ0n) is 24.1. The summed E-state index contributed by atoms with van der Waals surface area (Å²) in [4.78, 5) is 23.9. The van der Waals surface area contributed by atoms with Gasteiger partial charge in [0.15, 0.2) is 32.6 Å². The second kappa shape index (κ2) is 11.7. The lowest BCUT2D eigenvalue weighted by molar-refractivity contribution is 0.0911. The first kappa shape index (κ1) is 28.1. The standard InChI is InChI=1S/C28H39N7O5S/c1-33-25-23(30-28(33)40-22-8-6-21(7-9-22)34-10-4-5-11-34)26(35-12-14-39-15-13-35)32-24(31-25)19-16-20(18-41(3,36)37)27(38-2)29-17-19/h16-17,21-22H,4-15,18H2,1-3H3. The summed E-state index contributed by atoms with van der Waals surface area (Å²) in [5.74, 6) is 1.21. The van der Waals surface area contributed by atoms with Crippen LogP contribution in [0.5, 0.6) is 11.9 Å². The van der Waals surface area contributed by atoms with Crippen LogP contribution in [0.3, 0.4) is 0 Å². The molecule has 3 aromatic heterocycles. The van der Waals surface area contributed by atoms with Crippen LogP contribution in [0.1, 0.15) is 44.1 Å². The number of aromatic nitrogens is 5. The second-order valence-corrected chi connectivity index (χ2v) is 13.5. The number of pyridine rings is 1. The molecule has 2 saturated heterocycles. The molecule has 0 atom stereocenters. The molecule has 13 heteroatoms. The Morgan fingerprint density at radius 2 is 1.76 bits per heavy atom. The Labute approximate surface area is 241 Å². The van der Waals surface area contributed by atoms with Crippen LogP contribution in [0, 0.1) is 0 Å². The van der Waals surface area contributed by atoms with Crippen LogP contribution in [0.15, 0.2) is 12.3 Å². The minimum atomic E-state index is -3.31. The minimum absolute atomic E-state index is 0.118. The number of methoxy groups -OCH3 is 1. The predicted octanol–water partition coefficient (Wildman–Crippen LogP) is 2.60. The molecule has 1 saturated carbocycles. The normalized spacial score (nSPS) is 22.4. The highest BCUT2D eigenvalue weighted by atomic mass is 32.2. The number of hydrogen-bond donors (Lipinski definition) is 0. The van der Waals surface area contributed by atoms with E-state index < -0.39 is 9.84 Å². The van der Waals surface area contributed by atoms with Crippen LogP contribution in [0.4, 0.5) is 5.82 Å². The molecule has 0 aromatic carbocycles. The molecule has 41 heavy (non-hydrogen) atoms. The molecule has 3 aromatic rings. The lowest BCUT2D eigenvalue weighted by Crippen LogP contribution is -2.38. The highest BCUT2D eigenvalue weighted by molar-refractivity contribution is 7.89. The zero-order valence-corrected chi connectivity index (χ0v) is 24.9. The molecule has 222 valence electrons. The number of anilines is 1. The number of fused-ring (bicyclic) bond motifs is 1. The van der Waals surface area contributed by atoms with E-state index in [1.54, 1.807) is 12.3 Å². The highest BCUT2D eigenvalue weighted by Crippen LogP contribution is 2.33. The van der Waals surface area contributed by atoms with Crippen LogP contribution in [0.2, 0.25) is 0 Å². The number of rotatable bonds is 8. The Bertz CT molecular complexity index is 1490. The Morgan fingerprint density at radius 1 is 1.02 bits per heavy atom. The molecule has 0 unspecified atom stereocenters. The fraction of sp³-hybridized carbons (Fsp3) is 0.643. The number of imidazole rings is 1. The van der Waals surface area contributed by atoms with E-state index >= 15 is 0 Å². The van der Waals surface area contributed by atoms with E-state index in [4.69, 9.17) is 29.2 Å². The molecule has 0 amide bonds. The van der Waals surface area contributed by atoms with Gasteiger partial charge in [0, 0.05) is 49.8 Å². The van der Waals surface area contributed by atoms with Crippen molar-refractivity contribution in [2.24, 2.45) is 7.05 Å². The molecule has 1 aliphatic carbocycles. The lowest BCUT2D eigenvalue weighted by Gasteiger charge is -2.34. The summed E-state index contributed by atoms with van der Waals surface area (Å²) in [6, 6.07) is 2.95. The lowest BCUT2D eigenvalue weighted by atomic mass is 9.92. The van der Waals surface area contributed by atoms with Gasteiger partial charge in [-0.3, -0.25) is 4.57 Å². The number of ether oxygens (including phenoxy) is 3. The van der Waals surface area contributed by atoms with Gasteiger partial charge in [0.05, 0.1) is 26.1 Å². The van der Waals surface area contributed by atoms with E-state index in [0.29, 0.717) is 72.3 Å². The molecular weight excluding hydrogens is 546 g/mol. The molecular formula is C28H39N7O5S. The molecule has 5 heterocycles. The molecule has 0 radical (unpaired) electrons. The molecule has 3 fully saturated rings. The first-order valence-corrected chi connectivity index (χ1v) is 16.5. The van der Waals surface area contributed by atoms with Crippen molar-refractivity contribution in [2.75, 3.05) is 57.7 Å². The van der Waals surface area contributed by atoms with E-state index in [-0.39, 0.29) is 17.7 Å². The average molecular weight is 586 g/mol. The molecule has 12 nitrogen and oxygen atoms in total. The summed E-state index contributed by atoms with van der Waals surface area (Å²) in [5.41, 5.74) is 2.39. The second-order valence-electron chi connectivity index (χ2n) is 11.3. The van der Waals surface area contributed by atoms with Crippen LogP contribution < -0.4 is 14.4 Å². The Hall–Kier alpha value is -3.03. The molecule has 3 aliphatic rings. The van der Waals surface area contributed by atoms with Crippen molar-refractivity contribution in [3.8, 4) is 23.3 Å². The van der Waals surface area contributed by atoms with Gasteiger partial charge in [-0.1, -0.05) is 0 Å². The van der Waals surface area contributed by atoms with Gasteiger partial charge in [0.1, 0.15) is 6.10 Å². The van der Waals surface area contributed by atoms with Gasteiger partial charge in [0.2, 0.25) is 5.88 Å². The van der Waals surface area contributed by atoms with E-state index in [1.807, 2.05) is 11.6 Å². The number of aryl methyl sites for hydroxylation is 1. The van der Waals surface area contributed by atoms with Crippen molar-refractivity contribution in [3.63, 3.8) is 0 Å². The summed E-state index contributed by atoms with van der Waals surface area (Å²) in [7, 11) is 0.0825. The number of hydrogen-bond acceptors (Lipinski definition) is 11. The van der Waals surface area contributed by atoms with Crippen molar-refractivity contribution in [2.45, 2.75) is 56.4 Å². The highest BCUT2D eigenvalue weighted by Gasteiger charge is 2.30. The Kier molecular flexibility index (Phi) is 8.01. The topological polar surface area (TPSA) is 125 Å². The van der Waals surface area contributed by atoms with E-state index in [0.717, 1.165) is 25.7 Å². The van der Waals surface area contributed by atoms with Crippen molar-refractivity contribution >= 4 is 26.8 Å². The molecule has 0 N–H and O–H groups in total. The van der Waals surface area contributed by atoms with Crippen LogP contribution in [0.25, 0.3) is 22.6 Å². The number of likely N-dealkylation sites (tertiary alicyclic amines) is 1. The smallest absolute Gasteiger partial charge is 0.298 e. The molecule has 0 spiro atoms. The maximum absolute atomic E-state index is 12.1. The fourth-order valence-electron chi connectivity index (χ4n) is 6.23. The van der Waals surface area contributed by atoms with Gasteiger partial charge in [-0.15, -0.1) is 0 Å². The van der Waals surface area contributed by atoms with Gasteiger partial charge in [-0.2, -0.15) is 4.98 Å². The van der Waals surface area contributed by atoms with E-state index in [2.05, 4.69) is 14.8 Å². The molecule has 0 bridgehead atoms. The minimum Gasteiger partial charge on any atom is -0.481 e. The quantitative estimate of drug-likeness (QED) is 0.387. The van der Waals surface area contributed by atoms with Crippen molar-refractivity contribution in [1.29, 1.82) is 0 Å². The number of nitrogens with zero attached hydrogens (tertiary/aromatic N) is 7. The third kappa shape index (κ3) is 6.12. The fourth-order valence-corrected chi connectivity index (χ4v) is 7.00. The summed E-state index contributed by atoms with van der Waals surface area (Å²) >= 11 is 0. The van der Waals surface area contributed by atoms with Gasteiger partial charge in [-0.05, 0) is 57.7 Å². The van der Waals surface area contributed by atoms with Crippen molar-refractivity contribution < 1.29 is 22.6 Å². The van der Waals surface area contributed by atoms with Gasteiger partial charge in [0.25, 0.3) is 6.01 Å². The van der Waals surface area contributed by atoms with Crippen molar-refractivity contribution in [3.05, 3.63) is 17.8 Å². The third-order valence-electron chi connectivity index (χ3n) is 8.34. The molecule has 6 rings (SSSR count). The van der Waals surface area contributed by atoms with Crippen LogP contribution in [-0.4, -0.2) is 103 Å². The number of morpholine rings is 1. The van der Waals surface area contributed by atoms with Gasteiger partial charge in [-0.25, -0.2) is 23.4 Å². The van der Waals surface area contributed by atoms with Gasteiger partial charge < -0.3 is 24.0 Å². The van der Waals surface area contributed by atoms with Crippen LogP contribution in [-0.2, 0) is 27.4 Å². The predicted molar refractivity (Wildman–Crippen MR) is 155 cm³/mol. The first-order valence-electron chi connectivity index (χ1n) is 14.5. The Morgan fingerprint density at radius 3 is 2.44 bits per heavy atom. The maximum Gasteiger partial charge on any atom is 0.298 e. The monoisotopic (exact) mass is 585 g/mol. The van der Waals surface area contributed by atoms with E-state index in [1.165, 1.54) is 39.3 Å². The van der Waals surface area contributed by atoms with E-state index in [9.17, 15) is 8.42 Å². The first-order chi connectivity index (χ1) is 19.8. The van der Waals surface area contributed by atoms with Crippen molar-refractivity contribution in [1.82, 2.24) is 29.4 Å². The largest absolute Gasteiger partial charge is 0.481 e. The Balaban J connectivity index is 1.33. The van der Waals surface area contributed by atoms with Crippen LogP contribution >= 0.6 is 0 Å². The molecule has 2 aliphatic heterocycles. The number of sulfone groups is 1. The zero-order chi connectivity index (χ0) is 28.6.